The summed E-state index contributed by atoms with van der Waals surface area (Å²) in [7, 11) is 0. The summed E-state index contributed by atoms with van der Waals surface area (Å²) in [4.78, 5) is 19.7. The Morgan fingerprint density at radius 1 is 1.19 bits per heavy atom. The maximum Gasteiger partial charge on any atom is 0.258 e. The third kappa shape index (κ3) is 3.63. The molecule has 4 aromatic rings. The third-order valence-electron chi connectivity index (χ3n) is 4.49. The fourth-order valence-corrected chi connectivity index (χ4v) is 3.22. The van der Waals surface area contributed by atoms with Gasteiger partial charge in [0.15, 0.2) is 0 Å². The molecule has 0 aliphatic carbocycles. The fraction of sp³-hybridized carbons (Fsp3) is 0.150. The van der Waals surface area contributed by atoms with Crippen molar-refractivity contribution in [2.75, 3.05) is 0 Å². The summed E-state index contributed by atoms with van der Waals surface area (Å²) < 4.78 is 1.74. The van der Waals surface area contributed by atoms with Crippen LogP contribution in [0, 0.1) is 6.92 Å². The van der Waals surface area contributed by atoms with Crippen LogP contribution in [0.5, 0.6) is 0 Å². The molecule has 0 amide bonds. The quantitative estimate of drug-likeness (QED) is 0.557. The van der Waals surface area contributed by atoms with Crippen molar-refractivity contribution < 1.29 is 5.32 Å². The predicted octanol–water partition coefficient (Wildman–Crippen LogP) is 2.33. The Balaban J connectivity index is 1.63. The molecule has 136 valence electrons. The summed E-state index contributed by atoms with van der Waals surface area (Å²) in [5.74, 6) is 0. The number of rotatable bonds is 5. The standard InChI is InChI=1S/C20H18ClN5O/c1-13-18-9-15(12-23-11-14-3-2-8-22-10-14)20(27)24-19(18)26(25-13)17-6-4-16(21)5-7-17/h2-10,23H,11-12H2,1H3,(H,24,27)/p+1. The maximum absolute atomic E-state index is 12.6. The number of H-pyrrole nitrogens is 1. The first-order valence-electron chi connectivity index (χ1n) is 8.70. The van der Waals surface area contributed by atoms with Gasteiger partial charge in [-0.15, -0.1) is 0 Å². The number of nitrogens with one attached hydrogen (secondary N) is 1. The van der Waals surface area contributed by atoms with Gasteiger partial charge in [-0.1, -0.05) is 17.7 Å². The van der Waals surface area contributed by atoms with E-state index >= 15 is 0 Å². The second-order valence-electron chi connectivity index (χ2n) is 6.42. The number of benzene rings is 1. The van der Waals surface area contributed by atoms with E-state index in [4.69, 9.17) is 11.6 Å². The molecule has 0 spiro atoms. The Hall–Kier alpha value is -2.96. The van der Waals surface area contributed by atoms with Gasteiger partial charge in [-0.2, -0.15) is 5.10 Å². The van der Waals surface area contributed by atoms with E-state index in [9.17, 15) is 4.79 Å². The van der Waals surface area contributed by atoms with Crippen LogP contribution < -0.4 is 10.9 Å². The number of nitrogens with zero attached hydrogens (tertiary/aromatic N) is 3. The van der Waals surface area contributed by atoms with Crippen molar-refractivity contribution in [3.8, 4) is 5.69 Å². The largest absolute Gasteiger partial charge is 0.339 e. The molecule has 6 nitrogen and oxygen atoms in total. The summed E-state index contributed by atoms with van der Waals surface area (Å²) in [6.45, 7) is 3.30. The highest BCUT2D eigenvalue weighted by molar-refractivity contribution is 6.30. The van der Waals surface area contributed by atoms with Crippen LogP contribution in [0.4, 0.5) is 0 Å². The lowest BCUT2D eigenvalue weighted by Gasteiger charge is -2.05. The first kappa shape index (κ1) is 17.5. The molecule has 3 N–H and O–H groups in total. The molecular formula is C20H19ClN5O+. The number of fused-ring (bicyclic) bond motifs is 1. The summed E-state index contributed by atoms with van der Waals surface area (Å²) in [5, 5.41) is 8.27. The molecule has 0 unspecified atom stereocenters. The van der Waals surface area contributed by atoms with Gasteiger partial charge in [0.2, 0.25) is 0 Å². The maximum atomic E-state index is 12.6. The average molecular weight is 381 g/mol. The molecular weight excluding hydrogens is 362 g/mol. The van der Waals surface area contributed by atoms with E-state index < -0.39 is 0 Å². The summed E-state index contributed by atoms with van der Waals surface area (Å²) >= 11 is 5.97. The Morgan fingerprint density at radius 2 is 2.00 bits per heavy atom. The molecule has 0 atom stereocenters. The Morgan fingerprint density at radius 3 is 2.74 bits per heavy atom. The van der Waals surface area contributed by atoms with Gasteiger partial charge < -0.3 is 10.3 Å². The molecule has 1 aromatic carbocycles. The topological polar surface area (TPSA) is 80.2 Å². The summed E-state index contributed by atoms with van der Waals surface area (Å²) in [6, 6.07) is 13.2. The molecule has 0 aliphatic rings. The van der Waals surface area contributed by atoms with Crippen molar-refractivity contribution in [2.45, 2.75) is 20.0 Å². The molecule has 0 bridgehead atoms. The third-order valence-corrected chi connectivity index (χ3v) is 4.74. The van der Waals surface area contributed by atoms with E-state index in [-0.39, 0.29) is 5.56 Å². The van der Waals surface area contributed by atoms with Crippen molar-refractivity contribution in [1.82, 2.24) is 19.7 Å². The normalized spacial score (nSPS) is 11.2. The highest BCUT2D eigenvalue weighted by atomic mass is 35.5. The summed E-state index contributed by atoms with van der Waals surface area (Å²) in [5.41, 5.74) is 4.16. The minimum Gasteiger partial charge on any atom is -0.339 e. The van der Waals surface area contributed by atoms with Crippen LogP contribution in [0.3, 0.4) is 0 Å². The number of hydrogen-bond donors (Lipinski definition) is 2. The van der Waals surface area contributed by atoms with Crippen molar-refractivity contribution in [3.05, 3.63) is 87.1 Å². The van der Waals surface area contributed by atoms with E-state index in [1.165, 1.54) is 0 Å². The molecule has 27 heavy (non-hydrogen) atoms. The highest BCUT2D eigenvalue weighted by Gasteiger charge is 2.13. The van der Waals surface area contributed by atoms with Gasteiger partial charge in [0.1, 0.15) is 18.7 Å². The molecule has 0 aliphatic heterocycles. The van der Waals surface area contributed by atoms with Crippen LogP contribution in [0.15, 0.2) is 59.7 Å². The molecule has 0 fully saturated rings. The number of hydrogen-bond acceptors (Lipinski definition) is 3. The Bertz CT molecular complexity index is 1130. The van der Waals surface area contributed by atoms with Gasteiger partial charge in [0.05, 0.1) is 16.9 Å². The van der Waals surface area contributed by atoms with E-state index in [1.807, 2.05) is 43.5 Å². The Kier molecular flexibility index (Phi) is 4.75. The van der Waals surface area contributed by atoms with Crippen LogP contribution in [-0.2, 0) is 13.1 Å². The predicted molar refractivity (Wildman–Crippen MR) is 105 cm³/mol. The number of aryl methyl sites for hydroxylation is 1. The molecule has 0 saturated carbocycles. The van der Waals surface area contributed by atoms with Crippen molar-refractivity contribution >= 4 is 22.6 Å². The fourth-order valence-electron chi connectivity index (χ4n) is 3.09. The number of aromatic amines is 1. The van der Waals surface area contributed by atoms with E-state index in [0.29, 0.717) is 17.2 Å². The second-order valence-corrected chi connectivity index (χ2v) is 6.85. The van der Waals surface area contributed by atoms with Crippen LogP contribution in [0.1, 0.15) is 16.8 Å². The lowest BCUT2D eigenvalue weighted by Crippen LogP contribution is -2.81. The number of pyridine rings is 2. The lowest BCUT2D eigenvalue weighted by atomic mass is 10.2. The van der Waals surface area contributed by atoms with Gasteiger partial charge >= 0.3 is 0 Å². The lowest BCUT2D eigenvalue weighted by molar-refractivity contribution is -0.686. The highest BCUT2D eigenvalue weighted by Crippen LogP contribution is 2.20. The van der Waals surface area contributed by atoms with E-state index in [0.717, 1.165) is 34.4 Å². The molecule has 4 rings (SSSR count). The van der Waals surface area contributed by atoms with Crippen LogP contribution in [0.25, 0.3) is 16.7 Å². The molecule has 0 radical (unpaired) electrons. The summed E-state index contributed by atoms with van der Waals surface area (Å²) in [6.07, 6.45) is 3.59. The minimum absolute atomic E-state index is 0.0972. The van der Waals surface area contributed by atoms with Crippen LogP contribution in [-0.4, -0.2) is 19.7 Å². The van der Waals surface area contributed by atoms with Gasteiger partial charge in [-0.25, -0.2) is 4.68 Å². The smallest absolute Gasteiger partial charge is 0.258 e. The second kappa shape index (κ2) is 7.34. The zero-order chi connectivity index (χ0) is 18.8. The Labute approximate surface area is 160 Å². The van der Waals surface area contributed by atoms with Crippen molar-refractivity contribution in [1.29, 1.82) is 0 Å². The van der Waals surface area contributed by atoms with E-state index in [1.54, 1.807) is 23.0 Å². The van der Waals surface area contributed by atoms with Gasteiger partial charge in [-0.3, -0.25) is 9.78 Å². The monoisotopic (exact) mass is 380 g/mol. The number of halogens is 1. The van der Waals surface area contributed by atoms with Gasteiger partial charge in [0.25, 0.3) is 5.56 Å². The molecule has 3 heterocycles. The first-order chi connectivity index (χ1) is 13.1. The van der Waals surface area contributed by atoms with Crippen LogP contribution >= 0.6 is 11.6 Å². The van der Waals surface area contributed by atoms with E-state index in [2.05, 4.69) is 20.4 Å². The molecule has 0 saturated heterocycles. The van der Waals surface area contributed by atoms with Gasteiger partial charge in [-0.05, 0) is 43.3 Å². The zero-order valence-corrected chi connectivity index (χ0v) is 15.6. The SMILES string of the molecule is Cc1nn(-c2ccc(Cl)cc2)c2[nH]c(=O)c(C[NH2+]Cc3cccnc3)cc12. The van der Waals surface area contributed by atoms with Crippen molar-refractivity contribution in [3.63, 3.8) is 0 Å². The number of nitrogens with two attached hydrogens (primary N) is 1. The molecule has 3 aromatic heterocycles. The average Bonchev–Trinajstić information content (AvgIpc) is 2.99. The van der Waals surface area contributed by atoms with Gasteiger partial charge in [0, 0.05) is 28.4 Å². The van der Waals surface area contributed by atoms with Crippen LogP contribution in [0.2, 0.25) is 5.02 Å². The number of aromatic nitrogens is 4. The molecule has 7 heteroatoms. The minimum atomic E-state index is -0.0972. The van der Waals surface area contributed by atoms with Crippen molar-refractivity contribution in [2.24, 2.45) is 0 Å². The first-order valence-corrected chi connectivity index (χ1v) is 9.07. The zero-order valence-electron chi connectivity index (χ0n) is 14.8. The number of quaternary nitrogens is 1.